The molecule has 0 atom stereocenters. The van der Waals surface area contributed by atoms with E-state index >= 15 is 0 Å². The average molecular weight is 205 g/mol. The highest BCUT2D eigenvalue weighted by atomic mass is 16.2. The van der Waals surface area contributed by atoms with Crippen LogP contribution in [-0.2, 0) is 0 Å². The summed E-state index contributed by atoms with van der Waals surface area (Å²) in [5, 5.41) is 5.25. The second-order valence-electron chi connectivity index (χ2n) is 3.16. The first kappa shape index (κ1) is 11.2. The predicted octanol–water partition coefficient (Wildman–Crippen LogP) is 2.52. The van der Waals surface area contributed by atoms with Crippen LogP contribution in [-0.4, -0.2) is 11.0 Å². The minimum Gasteiger partial charge on any atom is -0.314 e. The van der Waals surface area contributed by atoms with Crippen LogP contribution in [0.25, 0.3) is 0 Å². The van der Waals surface area contributed by atoms with E-state index in [0.717, 1.165) is 12.0 Å². The third-order valence-electron chi connectivity index (χ3n) is 1.91. The van der Waals surface area contributed by atoms with Crippen LogP contribution in [0.1, 0.15) is 20.3 Å². The van der Waals surface area contributed by atoms with Gasteiger partial charge in [-0.2, -0.15) is 0 Å². The number of pyridine rings is 1. The van der Waals surface area contributed by atoms with E-state index in [1.807, 2.05) is 19.9 Å². The van der Waals surface area contributed by atoms with Gasteiger partial charge in [-0.15, -0.1) is 0 Å². The monoisotopic (exact) mass is 205 g/mol. The second-order valence-corrected chi connectivity index (χ2v) is 3.16. The molecular formula is C11H15N3O. The normalized spacial score (nSPS) is 10.9. The first-order chi connectivity index (χ1) is 7.22. The Balaban J connectivity index is 2.44. The van der Waals surface area contributed by atoms with Gasteiger partial charge in [0.1, 0.15) is 5.82 Å². The molecular weight excluding hydrogens is 190 g/mol. The van der Waals surface area contributed by atoms with E-state index in [9.17, 15) is 4.79 Å². The number of hydrogen-bond acceptors (Lipinski definition) is 2. The molecule has 2 N–H and O–H groups in total. The number of carbonyl (C=O) groups is 1. The number of aromatic nitrogens is 1. The summed E-state index contributed by atoms with van der Waals surface area (Å²) in [5.74, 6) is 0.539. The summed E-state index contributed by atoms with van der Waals surface area (Å²) < 4.78 is 0. The third-order valence-corrected chi connectivity index (χ3v) is 1.91. The lowest BCUT2D eigenvalue weighted by Gasteiger charge is -2.03. The standard InChI is InChI=1S/C11H15N3O/c1-3-9(2)8-13-11(15)14-10-6-4-5-7-12-10/h4-8H,3H2,1-2H3,(H2,12,13,14,15)/b9-8+. The molecule has 0 aliphatic rings. The van der Waals surface area contributed by atoms with Crippen molar-refractivity contribution in [2.24, 2.45) is 0 Å². The molecule has 1 aromatic rings. The van der Waals surface area contributed by atoms with E-state index in [1.165, 1.54) is 0 Å². The Hall–Kier alpha value is -1.84. The number of rotatable bonds is 3. The molecule has 2 amide bonds. The first-order valence-electron chi connectivity index (χ1n) is 4.86. The Labute approximate surface area is 89.4 Å². The maximum absolute atomic E-state index is 11.3. The molecule has 1 heterocycles. The SMILES string of the molecule is CC/C(C)=C/NC(=O)Nc1ccccn1. The summed E-state index contributed by atoms with van der Waals surface area (Å²) in [7, 11) is 0. The Morgan fingerprint density at radius 2 is 2.33 bits per heavy atom. The zero-order valence-electron chi connectivity index (χ0n) is 8.95. The Bertz CT molecular complexity index is 346. The van der Waals surface area contributed by atoms with Crippen molar-refractivity contribution in [2.75, 3.05) is 5.32 Å². The van der Waals surface area contributed by atoms with E-state index in [0.29, 0.717) is 5.82 Å². The van der Waals surface area contributed by atoms with Gasteiger partial charge in [0.2, 0.25) is 0 Å². The van der Waals surface area contributed by atoms with Gasteiger partial charge in [-0.05, 0) is 25.5 Å². The van der Waals surface area contributed by atoms with Gasteiger partial charge in [0.15, 0.2) is 0 Å². The van der Waals surface area contributed by atoms with Crippen LogP contribution in [0.15, 0.2) is 36.2 Å². The molecule has 0 bridgehead atoms. The van der Waals surface area contributed by atoms with Crippen molar-refractivity contribution in [2.45, 2.75) is 20.3 Å². The molecule has 0 aliphatic heterocycles. The van der Waals surface area contributed by atoms with E-state index < -0.39 is 0 Å². The number of anilines is 1. The Morgan fingerprint density at radius 3 is 2.93 bits per heavy atom. The van der Waals surface area contributed by atoms with Gasteiger partial charge in [-0.25, -0.2) is 9.78 Å². The van der Waals surface area contributed by atoms with Gasteiger partial charge < -0.3 is 5.32 Å². The van der Waals surface area contributed by atoms with Gasteiger partial charge in [0, 0.05) is 12.4 Å². The van der Waals surface area contributed by atoms with Crippen LogP contribution in [0.4, 0.5) is 10.6 Å². The first-order valence-corrected chi connectivity index (χ1v) is 4.86. The van der Waals surface area contributed by atoms with Gasteiger partial charge >= 0.3 is 6.03 Å². The molecule has 15 heavy (non-hydrogen) atoms. The summed E-state index contributed by atoms with van der Waals surface area (Å²) in [4.78, 5) is 15.3. The van der Waals surface area contributed by atoms with Gasteiger partial charge in [0.05, 0.1) is 0 Å². The van der Waals surface area contributed by atoms with Crippen LogP contribution in [0.3, 0.4) is 0 Å². The van der Waals surface area contributed by atoms with Gasteiger partial charge in [-0.3, -0.25) is 5.32 Å². The van der Waals surface area contributed by atoms with Crippen LogP contribution in [0.2, 0.25) is 0 Å². The highest BCUT2D eigenvalue weighted by molar-refractivity contribution is 5.88. The molecule has 0 aromatic carbocycles. The molecule has 0 spiro atoms. The summed E-state index contributed by atoms with van der Waals surface area (Å²) >= 11 is 0. The number of carbonyl (C=O) groups excluding carboxylic acids is 1. The predicted molar refractivity (Wildman–Crippen MR) is 60.4 cm³/mol. The molecule has 0 saturated heterocycles. The number of nitrogens with zero attached hydrogens (tertiary/aromatic N) is 1. The van der Waals surface area contributed by atoms with E-state index in [1.54, 1.807) is 24.5 Å². The van der Waals surface area contributed by atoms with Crippen molar-refractivity contribution >= 4 is 11.8 Å². The van der Waals surface area contributed by atoms with Crippen LogP contribution >= 0.6 is 0 Å². The number of nitrogens with one attached hydrogen (secondary N) is 2. The van der Waals surface area contributed by atoms with Crippen LogP contribution in [0.5, 0.6) is 0 Å². The molecule has 1 rings (SSSR count). The lowest BCUT2D eigenvalue weighted by Crippen LogP contribution is -2.24. The zero-order chi connectivity index (χ0) is 11.1. The topological polar surface area (TPSA) is 54.0 Å². The van der Waals surface area contributed by atoms with E-state index in [2.05, 4.69) is 15.6 Å². The van der Waals surface area contributed by atoms with Crippen molar-refractivity contribution in [1.82, 2.24) is 10.3 Å². The highest BCUT2D eigenvalue weighted by Crippen LogP contribution is 1.99. The minimum atomic E-state index is -0.276. The fourth-order valence-electron chi connectivity index (χ4n) is 0.880. The van der Waals surface area contributed by atoms with E-state index in [4.69, 9.17) is 0 Å². The molecule has 0 saturated carbocycles. The molecule has 4 heteroatoms. The zero-order valence-corrected chi connectivity index (χ0v) is 8.95. The minimum absolute atomic E-state index is 0.276. The molecule has 0 aliphatic carbocycles. The third kappa shape index (κ3) is 4.26. The fourth-order valence-corrected chi connectivity index (χ4v) is 0.880. The lowest BCUT2D eigenvalue weighted by atomic mass is 10.3. The van der Waals surface area contributed by atoms with Crippen molar-refractivity contribution in [3.63, 3.8) is 0 Å². The van der Waals surface area contributed by atoms with Gasteiger partial charge in [0.25, 0.3) is 0 Å². The number of urea groups is 1. The molecule has 4 nitrogen and oxygen atoms in total. The Kier molecular flexibility index (Phi) is 4.34. The number of amides is 2. The number of allylic oxidation sites excluding steroid dienone is 1. The van der Waals surface area contributed by atoms with Crippen molar-refractivity contribution < 1.29 is 4.79 Å². The average Bonchev–Trinajstić information content (AvgIpc) is 2.27. The van der Waals surface area contributed by atoms with Crippen LogP contribution < -0.4 is 10.6 Å². The maximum atomic E-state index is 11.3. The summed E-state index contributed by atoms with van der Waals surface area (Å²) in [6.07, 6.45) is 4.24. The number of hydrogen-bond donors (Lipinski definition) is 2. The summed E-state index contributed by atoms with van der Waals surface area (Å²) in [5.41, 5.74) is 1.12. The maximum Gasteiger partial charge on any atom is 0.324 e. The molecule has 0 unspecified atom stereocenters. The van der Waals surface area contributed by atoms with Crippen molar-refractivity contribution in [3.8, 4) is 0 Å². The molecule has 0 fully saturated rings. The fraction of sp³-hybridized carbons (Fsp3) is 0.273. The van der Waals surface area contributed by atoms with E-state index in [-0.39, 0.29) is 6.03 Å². The largest absolute Gasteiger partial charge is 0.324 e. The second kappa shape index (κ2) is 5.80. The lowest BCUT2D eigenvalue weighted by molar-refractivity contribution is 0.255. The summed E-state index contributed by atoms with van der Waals surface area (Å²) in [6, 6.07) is 5.07. The van der Waals surface area contributed by atoms with Crippen molar-refractivity contribution in [3.05, 3.63) is 36.2 Å². The smallest absolute Gasteiger partial charge is 0.314 e. The van der Waals surface area contributed by atoms with Crippen LogP contribution in [0, 0.1) is 0 Å². The van der Waals surface area contributed by atoms with Crippen molar-refractivity contribution in [1.29, 1.82) is 0 Å². The quantitative estimate of drug-likeness (QED) is 0.796. The highest BCUT2D eigenvalue weighted by Gasteiger charge is 1.98. The molecule has 1 aromatic heterocycles. The molecule has 0 radical (unpaired) electrons. The molecule has 80 valence electrons. The Morgan fingerprint density at radius 1 is 1.53 bits per heavy atom. The van der Waals surface area contributed by atoms with Gasteiger partial charge in [-0.1, -0.05) is 18.6 Å². The summed E-state index contributed by atoms with van der Waals surface area (Å²) in [6.45, 7) is 3.99.